The number of hydrogen-bond donors (Lipinski definition) is 4. The van der Waals surface area contributed by atoms with Gasteiger partial charge in [-0.05, 0) is 17.5 Å². The summed E-state index contributed by atoms with van der Waals surface area (Å²) in [6.45, 7) is 0.298. The molecular weight excluding hydrogens is 546 g/mol. The van der Waals surface area contributed by atoms with Crippen molar-refractivity contribution in [3.63, 3.8) is 0 Å². The molecule has 0 spiro atoms. The Hall–Kier alpha value is -3.79. The van der Waals surface area contributed by atoms with E-state index in [2.05, 4.69) is 37.3 Å². The van der Waals surface area contributed by atoms with Crippen molar-refractivity contribution in [2.45, 2.75) is 11.4 Å². The van der Waals surface area contributed by atoms with Crippen molar-refractivity contribution in [2.75, 3.05) is 30.5 Å². The largest absolute Gasteiger partial charge is 0.477 e. The number of rotatable bonds is 11. The zero-order chi connectivity index (χ0) is 26.5. The number of thiazole rings is 1. The first-order valence-electron chi connectivity index (χ1n) is 10.3. The number of fused-ring (bicyclic) bond motifs is 1. The third kappa shape index (κ3) is 5.48. The van der Waals surface area contributed by atoms with Crippen molar-refractivity contribution in [1.29, 1.82) is 0 Å². The number of anilines is 1. The second-order valence-corrected chi connectivity index (χ2v) is 10.1. The molecule has 1 aromatic rings. The molecule has 15 nitrogen and oxygen atoms in total. The number of nitrogens with zero attached hydrogens (tertiary/aromatic N) is 6. The van der Waals surface area contributed by atoms with E-state index in [-0.39, 0.29) is 28.0 Å². The topological polar surface area (TPSA) is 181 Å². The number of hydrazone groups is 1. The van der Waals surface area contributed by atoms with Crippen molar-refractivity contribution < 1.29 is 29.1 Å². The minimum absolute atomic E-state index is 0.120. The number of β-lactam (4-membered cyclic amide) rings is 1. The number of aromatic nitrogens is 1. The number of hydrogen-bond acceptors (Lipinski definition) is 14. The summed E-state index contributed by atoms with van der Waals surface area (Å²) in [5.41, 5.74) is 3.25. The molecule has 2 atom stereocenters. The molecule has 1 saturated heterocycles. The molecule has 3 amide bonds. The molecule has 1 aromatic heterocycles. The minimum Gasteiger partial charge on any atom is -0.477 e. The van der Waals surface area contributed by atoms with Crippen LogP contribution in [0.2, 0.25) is 0 Å². The van der Waals surface area contributed by atoms with Gasteiger partial charge < -0.3 is 20.6 Å². The van der Waals surface area contributed by atoms with E-state index in [1.165, 1.54) is 52.0 Å². The molecule has 0 radical (unpaired) electrons. The maximum absolute atomic E-state index is 13.0. The summed E-state index contributed by atoms with van der Waals surface area (Å²) < 4.78 is 1.44. The molecule has 1 fully saturated rings. The molecule has 194 valence electrons. The van der Waals surface area contributed by atoms with Gasteiger partial charge in [-0.1, -0.05) is 11.1 Å². The molecule has 4 rings (SSSR count). The van der Waals surface area contributed by atoms with Gasteiger partial charge in [0.2, 0.25) is 6.41 Å². The Balaban J connectivity index is 1.43. The molecule has 1 unspecified atom stereocenters. The van der Waals surface area contributed by atoms with Crippen LogP contribution in [0.15, 0.2) is 26.9 Å². The maximum atomic E-state index is 13.0. The van der Waals surface area contributed by atoms with Gasteiger partial charge >= 0.3 is 5.97 Å². The fraction of sp³-hybridized carbons (Fsp3) is 0.316. The van der Waals surface area contributed by atoms with Crippen LogP contribution in [-0.4, -0.2) is 97.3 Å². The lowest BCUT2D eigenvalue weighted by Gasteiger charge is -2.49. The molecule has 0 bridgehead atoms. The van der Waals surface area contributed by atoms with E-state index in [0.29, 0.717) is 24.3 Å². The number of thioether (sulfide) groups is 1. The van der Waals surface area contributed by atoms with Crippen LogP contribution in [0.3, 0.4) is 0 Å². The van der Waals surface area contributed by atoms with Crippen molar-refractivity contribution >= 4 is 76.4 Å². The Labute approximate surface area is 222 Å². The van der Waals surface area contributed by atoms with Crippen LogP contribution in [0.25, 0.3) is 0 Å². The van der Waals surface area contributed by atoms with E-state index >= 15 is 0 Å². The van der Waals surface area contributed by atoms with E-state index in [9.17, 15) is 24.3 Å². The fourth-order valence-corrected chi connectivity index (χ4v) is 6.36. The molecule has 0 saturated carbocycles. The van der Waals surface area contributed by atoms with Gasteiger partial charge in [0, 0.05) is 16.9 Å². The van der Waals surface area contributed by atoms with E-state index in [0.717, 1.165) is 11.3 Å². The van der Waals surface area contributed by atoms with Crippen molar-refractivity contribution in [1.82, 2.24) is 30.3 Å². The Morgan fingerprint density at radius 2 is 2.32 bits per heavy atom. The third-order valence-corrected chi connectivity index (χ3v) is 8.01. The molecule has 4 heterocycles. The highest BCUT2D eigenvalue weighted by molar-refractivity contribution is 8.00. The second-order valence-electron chi connectivity index (χ2n) is 7.25. The van der Waals surface area contributed by atoms with E-state index in [4.69, 9.17) is 11.3 Å². The third-order valence-electron chi connectivity index (χ3n) is 5.00. The summed E-state index contributed by atoms with van der Waals surface area (Å²) >= 11 is 3.60. The van der Waals surface area contributed by atoms with Gasteiger partial charge in [-0.2, -0.15) is 0 Å². The monoisotopic (exact) mass is 565 g/mol. The minimum atomic E-state index is -1.25. The predicted molar refractivity (Wildman–Crippen MR) is 136 cm³/mol. The highest BCUT2D eigenvalue weighted by Gasteiger charge is 2.54. The number of hydrazine groups is 2. The quantitative estimate of drug-likeness (QED) is 0.0647. The van der Waals surface area contributed by atoms with Crippen molar-refractivity contribution in [2.24, 2.45) is 10.3 Å². The zero-order valence-corrected chi connectivity index (χ0v) is 21.4. The zero-order valence-electron chi connectivity index (χ0n) is 19.0. The molecule has 0 aromatic carbocycles. The van der Waals surface area contributed by atoms with Gasteiger partial charge in [0.05, 0.1) is 6.54 Å². The summed E-state index contributed by atoms with van der Waals surface area (Å²) in [6.07, 6.45) is 7.22. The number of nitrogens with one attached hydrogen (secondary N) is 3. The average Bonchev–Trinajstić information content (AvgIpc) is 3.53. The number of amides is 3. The van der Waals surface area contributed by atoms with Crippen LogP contribution in [0.1, 0.15) is 5.69 Å². The van der Waals surface area contributed by atoms with Crippen molar-refractivity contribution in [3.8, 4) is 12.3 Å². The smallest absolute Gasteiger partial charge is 0.352 e. The molecule has 4 N–H and O–H groups in total. The van der Waals surface area contributed by atoms with Gasteiger partial charge in [-0.3, -0.25) is 24.3 Å². The number of aliphatic carboxylic acids is 1. The first-order chi connectivity index (χ1) is 17.9. The number of carbonyl (C=O) groups is 4. The van der Waals surface area contributed by atoms with E-state index in [1.807, 2.05) is 0 Å². The standard InChI is InChI=1S/C19H19N9O6S3/c1-3-4-26-8-21-28(25-26)37-6-10-5-35-17-13(16(31)27(17)14(10)18(32)33)23-15(30)12(24-34-2)11-7-36-19(22-11)20-9-29/h1,7-9,13,17,25H,4-6H2,2H3,(H,23,30)(H,32,33)(H,20,22,29)/b24-12+/t13?,17-/m1/s1. The first kappa shape index (κ1) is 26.3. The average molecular weight is 566 g/mol. The lowest BCUT2D eigenvalue weighted by Crippen LogP contribution is -2.71. The van der Waals surface area contributed by atoms with E-state index < -0.39 is 29.2 Å². The molecule has 37 heavy (non-hydrogen) atoms. The molecular formula is C19H19N9O6S3. The summed E-state index contributed by atoms with van der Waals surface area (Å²) in [6, 6.07) is -0.975. The predicted octanol–water partition coefficient (Wildman–Crippen LogP) is -0.938. The number of oxime groups is 1. The van der Waals surface area contributed by atoms with Gasteiger partial charge in [0.15, 0.2) is 10.8 Å². The summed E-state index contributed by atoms with van der Waals surface area (Å²) in [5, 5.41) is 25.3. The van der Waals surface area contributed by atoms with Crippen LogP contribution in [-0.2, 0) is 24.0 Å². The van der Waals surface area contributed by atoms with Gasteiger partial charge in [-0.25, -0.2) is 9.78 Å². The normalized spacial score (nSPS) is 20.8. The lowest BCUT2D eigenvalue weighted by atomic mass is 10.0. The number of carboxylic acid groups (broad SMARTS) is 1. The van der Waals surface area contributed by atoms with Crippen LogP contribution in [0.4, 0.5) is 5.13 Å². The molecule has 18 heteroatoms. The molecule has 3 aliphatic rings. The fourth-order valence-electron chi connectivity index (χ4n) is 3.45. The molecule has 3 aliphatic heterocycles. The van der Waals surface area contributed by atoms with Crippen LogP contribution >= 0.6 is 35.0 Å². The number of terminal acetylenes is 1. The van der Waals surface area contributed by atoms with Crippen LogP contribution < -0.4 is 16.2 Å². The molecule has 0 aliphatic carbocycles. The maximum Gasteiger partial charge on any atom is 0.352 e. The summed E-state index contributed by atoms with van der Waals surface area (Å²) in [7, 11) is 1.25. The van der Waals surface area contributed by atoms with Gasteiger partial charge in [0.1, 0.15) is 36.3 Å². The first-order valence-corrected chi connectivity index (χ1v) is 13.2. The Bertz CT molecular complexity index is 1240. The van der Waals surface area contributed by atoms with Crippen molar-refractivity contribution in [3.05, 3.63) is 22.3 Å². The lowest BCUT2D eigenvalue weighted by molar-refractivity contribution is -0.150. The number of carboxylic acids is 1. The van der Waals surface area contributed by atoms with Crippen LogP contribution in [0, 0.1) is 12.3 Å². The summed E-state index contributed by atoms with van der Waals surface area (Å²) in [5.74, 6) is 0.496. The SMILES string of the molecule is C#CCN1C=NN(SCC2=C(C(=O)O)N3C(=O)C(NC(=O)/C(=N/OC)c4csc(NC=O)n4)[C@H]3SC2)N1. The highest BCUT2D eigenvalue weighted by Crippen LogP contribution is 2.41. The Kier molecular flexibility index (Phi) is 8.17. The highest BCUT2D eigenvalue weighted by atomic mass is 32.2. The summed E-state index contributed by atoms with van der Waals surface area (Å²) in [4.78, 5) is 58.6. The number of carbonyl (C=O) groups excluding carboxylic acids is 3. The van der Waals surface area contributed by atoms with E-state index in [1.54, 1.807) is 5.01 Å². The van der Waals surface area contributed by atoms with Gasteiger partial charge in [0.25, 0.3) is 11.8 Å². The second kappa shape index (κ2) is 11.5. The Morgan fingerprint density at radius 1 is 1.51 bits per heavy atom. The van der Waals surface area contributed by atoms with Gasteiger partial charge in [-0.15, -0.1) is 44.7 Å². The van der Waals surface area contributed by atoms with Crippen LogP contribution in [0.5, 0.6) is 0 Å². The Morgan fingerprint density at radius 3 is 3.03 bits per heavy atom.